The highest BCUT2D eigenvalue weighted by Gasteiger charge is 2.30. The Kier molecular flexibility index (Phi) is 4.21. The second-order valence-corrected chi connectivity index (χ2v) is 6.77. The molecule has 0 radical (unpaired) electrons. The van der Waals surface area contributed by atoms with E-state index in [2.05, 4.69) is 43.6 Å². The number of hydrogen-bond acceptors (Lipinski definition) is 1. The van der Waals surface area contributed by atoms with Gasteiger partial charge in [0.25, 0.3) is 0 Å². The summed E-state index contributed by atoms with van der Waals surface area (Å²) in [5.41, 5.74) is 0.277. The third-order valence-electron chi connectivity index (χ3n) is 3.44. The molecule has 0 aromatic heterocycles. The molecule has 0 aromatic carbocycles. The molecule has 1 aliphatic heterocycles. The predicted molar refractivity (Wildman–Crippen MR) is 67.1 cm³/mol. The van der Waals surface area contributed by atoms with Gasteiger partial charge in [0.1, 0.15) is 0 Å². The van der Waals surface area contributed by atoms with Crippen LogP contribution in [-0.2, 0) is 4.79 Å². The van der Waals surface area contributed by atoms with E-state index in [4.69, 9.17) is 0 Å². The maximum Gasteiger partial charge on any atom is 0.236 e. The highest BCUT2D eigenvalue weighted by atomic mass is 79.9. The fourth-order valence-corrected chi connectivity index (χ4v) is 2.29. The third-order valence-corrected chi connectivity index (χ3v) is 4.29. The van der Waals surface area contributed by atoms with E-state index in [0.717, 1.165) is 25.9 Å². The van der Waals surface area contributed by atoms with Crippen molar-refractivity contribution >= 4 is 21.8 Å². The molecule has 2 unspecified atom stereocenters. The van der Waals surface area contributed by atoms with E-state index in [1.165, 1.54) is 0 Å². The molecule has 0 aliphatic carbocycles. The minimum Gasteiger partial charge on any atom is -0.341 e. The lowest BCUT2D eigenvalue weighted by Crippen LogP contribution is -2.45. The van der Waals surface area contributed by atoms with Crippen molar-refractivity contribution in [2.75, 3.05) is 13.1 Å². The van der Waals surface area contributed by atoms with Crippen molar-refractivity contribution in [1.82, 2.24) is 4.90 Å². The summed E-state index contributed by atoms with van der Waals surface area (Å²) in [7, 11) is 0. The number of likely N-dealkylation sites (tertiary alicyclic amines) is 1. The standard InChI is InChI=1S/C12H22BrNO/c1-9(12(2,3)4)8-14-7-5-6-10(13)11(14)15/h9-10H,5-8H2,1-4H3. The fraction of sp³-hybridized carbons (Fsp3) is 0.917. The molecular weight excluding hydrogens is 254 g/mol. The summed E-state index contributed by atoms with van der Waals surface area (Å²) in [5, 5.41) is 0. The summed E-state index contributed by atoms with van der Waals surface area (Å²) in [5.74, 6) is 0.816. The number of rotatable bonds is 2. The van der Waals surface area contributed by atoms with Crippen LogP contribution < -0.4 is 0 Å². The molecule has 1 fully saturated rings. The van der Waals surface area contributed by atoms with Gasteiger partial charge in [-0.25, -0.2) is 0 Å². The van der Waals surface area contributed by atoms with Crippen LogP contribution in [0.5, 0.6) is 0 Å². The minimum absolute atomic E-state index is 0.0541. The van der Waals surface area contributed by atoms with Gasteiger partial charge in [-0.3, -0.25) is 4.79 Å². The first kappa shape index (κ1) is 13.0. The van der Waals surface area contributed by atoms with Crippen LogP contribution in [0.3, 0.4) is 0 Å². The normalized spacial score (nSPS) is 25.5. The maximum absolute atomic E-state index is 11.9. The van der Waals surface area contributed by atoms with Crippen LogP contribution in [0.2, 0.25) is 0 Å². The highest BCUT2D eigenvalue weighted by molar-refractivity contribution is 9.10. The van der Waals surface area contributed by atoms with Gasteiger partial charge in [0.2, 0.25) is 5.91 Å². The van der Waals surface area contributed by atoms with Crippen molar-refractivity contribution in [3.63, 3.8) is 0 Å². The monoisotopic (exact) mass is 275 g/mol. The number of alkyl halides is 1. The second kappa shape index (κ2) is 4.86. The third kappa shape index (κ3) is 3.47. The number of hydrogen-bond donors (Lipinski definition) is 0. The van der Waals surface area contributed by atoms with Gasteiger partial charge in [-0.1, -0.05) is 43.6 Å². The average molecular weight is 276 g/mol. The van der Waals surface area contributed by atoms with E-state index < -0.39 is 0 Å². The van der Waals surface area contributed by atoms with Crippen LogP contribution in [0.4, 0.5) is 0 Å². The zero-order valence-corrected chi connectivity index (χ0v) is 11.8. The average Bonchev–Trinajstić information content (AvgIpc) is 2.11. The Bertz CT molecular complexity index is 234. The minimum atomic E-state index is 0.0541. The van der Waals surface area contributed by atoms with Gasteiger partial charge in [-0.2, -0.15) is 0 Å². The number of amides is 1. The van der Waals surface area contributed by atoms with E-state index >= 15 is 0 Å². The predicted octanol–water partition coefficient (Wildman–Crippen LogP) is 3.05. The topological polar surface area (TPSA) is 20.3 Å². The summed E-state index contributed by atoms with van der Waals surface area (Å²) in [6, 6.07) is 0. The lowest BCUT2D eigenvalue weighted by molar-refractivity contribution is -0.133. The molecule has 0 aromatic rings. The van der Waals surface area contributed by atoms with Crippen molar-refractivity contribution in [2.24, 2.45) is 11.3 Å². The molecule has 15 heavy (non-hydrogen) atoms. The van der Waals surface area contributed by atoms with E-state index in [9.17, 15) is 4.79 Å². The second-order valence-electron chi connectivity index (χ2n) is 5.66. The van der Waals surface area contributed by atoms with Crippen LogP contribution in [-0.4, -0.2) is 28.7 Å². The van der Waals surface area contributed by atoms with Crippen LogP contribution in [0.1, 0.15) is 40.5 Å². The Hall–Kier alpha value is -0.0500. The zero-order valence-electron chi connectivity index (χ0n) is 10.2. The quantitative estimate of drug-likeness (QED) is 0.710. The summed E-state index contributed by atoms with van der Waals surface area (Å²) in [6.45, 7) is 10.8. The van der Waals surface area contributed by atoms with Gasteiger partial charge in [0.05, 0.1) is 4.83 Å². The summed E-state index contributed by atoms with van der Waals surface area (Å²) >= 11 is 3.44. The number of nitrogens with zero attached hydrogens (tertiary/aromatic N) is 1. The first-order valence-electron chi connectivity index (χ1n) is 5.75. The Morgan fingerprint density at radius 3 is 2.67 bits per heavy atom. The van der Waals surface area contributed by atoms with Gasteiger partial charge in [0, 0.05) is 13.1 Å². The summed E-state index contributed by atoms with van der Waals surface area (Å²) in [4.78, 5) is 13.9. The zero-order chi connectivity index (χ0) is 11.6. The van der Waals surface area contributed by atoms with Gasteiger partial charge >= 0.3 is 0 Å². The van der Waals surface area contributed by atoms with E-state index in [1.54, 1.807) is 0 Å². The molecule has 0 saturated carbocycles. The Labute approximate surface area is 102 Å². The maximum atomic E-state index is 11.9. The molecule has 2 atom stereocenters. The molecule has 0 bridgehead atoms. The van der Waals surface area contributed by atoms with Gasteiger partial charge in [-0.15, -0.1) is 0 Å². The molecule has 1 heterocycles. The molecule has 0 spiro atoms. The van der Waals surface area contributed by atoms with Crippen molar-refractivity contribution in [3.8, 4) is 0 Å². The first-order chi connectivity index (χ1) is 6.82. The van der Waals surface area contributed by atoms with Crippen LogP contribution >= 0.6 is 15.9 Å². The molecule has 2 nitrogen and oxygen atoms in total. The molecule has 1 rings (SSSR count). The number of piperidine rings is 1. The highest BCUT2D eigenvalue weighted by Crippen LogP contribution is 2.28. The molecule has 1 saturated heterocycles. The van der Waals surface area contributed by atoms with Gasteiger partial charge in [-0.05, 0) is 24.2 Å². The Morgan fingerprint density at radius 1 is 1.53 bits per heavy atom. The lowest BCUT2D eigenvalue weighted by Gasteiger charge is -2.36. The molecule has 88 valence electrons. The van der Waals surface area contributed by atoms with Crippen LogP contribution in [0, 0.1) is 11.3 Å². The number of carbonyl (C=O) groups excluding carboxylic acids is 1. The van der Waals surface area contributed by atoms with Gasteiger partial charge in [0.15, 0.2) is 0 Å². The Morgan fingerprint density at radius 2 is 2.13 bits per heavy atom. The first-order valence-corrected chi connectivity index (χ1v) is 6.67. The SMILES string of the molecule is CC(CN1CCCC(Br)C1=O)C(C)(C)C. The lowest BCUT2D eigenvalue weighted by atomic mass is 9.81. The molecule has 1 amide bonds. The molecular formula is C12H22BrNO. The van der Waals surface area contributed by atoms with Crippen molar-refractivity contribution in [1.29, 1.82) is 0 Å². The fourth-order valence-electron chi connectivity index (χ4n) is 1.68. The summed E-state index contributed by atoms with van der Waals surface area (Å²) in [6.07, 6.45) is 2.11. The van der Waals surface area contributed by atoms with Crippen molar-refractivity contribution < 1.29 is 4.79 Å². The molecule has 1 aliphatic rings. The summed E-state index contributed by atoms with van der Waals surface area (Å²) < 4.78 is 0. The van der Waals surface area contributed by atoms with E-state index in [1.807, 2.05) is 4.90 Å². The molecule has 3 heteroatoms. The van der Waals surface area contributed by atoms with Crippen molar-refractivity contribution in [3.05, 3.63) is 0 Å². The van der Waals surface area contributed by atoms with Crippen LogP contribution in [0.25, 0.3) is 0 Å². The smallest absolute Gasteiger partial charge is 0.236 e. The van der Waals surface area contributed by atoms with E-state index in [0.29, 0.717) is 5.92 Å². The largest absolute Gasteiger partial charge is 0.341 e. The number of halogens is 1. The van der Waals surface area contributed by atoms with Crippen molar-refractivity contribution in [2.45, 2.75) is 45.4 Å². The molecule has 0 N–H and O–H groups in total. The Balaban J connectivity index is 2.54. The van der Waals surface area contributed by atoms with Gasteiger partial charge < -0.3 is 4.90 Å². The van der Waals surface area contributed by atoms with E-state index in [-0.39, 0.29) is 16.1 Å². The van der Waals surface area contributed by atoms with Crippen LogP contribution in [0.15, 0.2) is 0 Å². The number of carbonyl (C=O) groups is 1.